The second kappa shape index (κ2) is 9.50. The number of rotatable bonds is 7. The second-order valence-corrected chi connectivity index (χ2v) is 9.33. The van der Waals surface area contributed by atoms with E-state index in [0.717, 1.165) is 11.1 Å². The zero-order valence-electron chi connectivity index (χ0n) is 20.0. The van der Waals surface area contributed by atoms with Crippen LogP contribution in [0.5, 0.6) is 11.5 Å². The summed E-state index contributed by atoms with van der Waals surface area (Å²) in [6, 6.07) is 14.7. The van der Waals surface area contributed by atoms with Crippen LogP contribution in [0.25, 0.3) is 16.0 Å². The maximum atomic E-state index is 13.4. The first-order chi connectivity index (χ1) is 17.4. The number of benzene rings is 2. The van der Waals surface area contributed by atoms with Crippen molar-refractivity contribution in [2.24, 2.45) is 0 Å². The molecule has 1 amide bonds. The predicted octanol–water partition coefficient (Wildman–Crippen LogP) is 5.62. The number of hydrogen-bond donors (Lipinski definition) is 1. The van der Waals surface area contributed by atoms with Gasteiger partial charge in [-0.05, 0) is 55.8 Å². The summed E-state index contributed by atoms with van der Waals surface area (Å²) in [6.45, 7) is 4.28. The Bertz CT molecular complexity index is 1500. The highest BCUT2D eigenvalue weighted by molar-refractivity contribution is 7.22. The van der Waals surface area contributed by atoms with E-state index in [-0.39, 0.29) is 11.3 Å². The molecule has 0 radical (unpaired) electrons. The number of aromatic nitrogens is 1. The molecule has 2 aromatic heterocycles. The fraction of sp³-hybridized carbons (Fsp3) is 0.222. The maximum Gasteiger partial charge on any atom is 0.302 e. The molecule has 1 aliphatic rings. The summed E-state index contributed by atoms with van der Waals surface area (Å²) in [6.07, 6.45) is 0.827. The van der Waals surface area contributed by atoms with Crippen LogP contribution < -0.4 is 14.4 Å². The summed E-state index contributed by atoms with van der Waals surface area (Å²) < 4.78 is 17.6. The van der Waals surface area contributed by atoms with E-state index in [1.54, 1.807) is 62.6 Å². The second-order valence-electron chi connectivity index (χ2n) is 8.32. The number of amides is 1. The van der Waals surface area contributed by atoms with Crippen molar-refractivity contribution in [1.29, 1.82) is 0 Å². The number of ether oxygens (including phenoxy) is 2. The van der Waals surface area contributed by atoms with Crippen LogP contribution in [0, 0.1) is 6.92 Å². The number of nitrogens with zero attached hydrogens (tertiary/aromatic N) is 2. The van der Waals surface area contributed by atoms with Gasteiger partial charge in [-0.15, -0.1) is 0 Å². The number of carbonyl (C=O) groups excluding carboxylic acids is 2. The van der Waals surface area contributed by atoms with Crippen LogP contribution in [0.3, 0.4) is 0 Å². The van der Waals surface area contributed by atoms with Gasteiger partial charge in [-0.2, -0.15) is 0 Å². The molecule has 4 aromatic rings. The molecule has 1 aliphatic heterocycles. The molecule has 0 spiro atoms. The van der Waals surface area contributed by atoms with Crippen LogP contribution in [0.1, 0.15) is 36.5 Å². The SMILES string of the molecule is CCCOc1cccc(/C(O)=C2\C(=O)C(=O)N(c3nc4ccc(OC)cc4s3)C2c2ccc(C)o2)c1. The van der Waals surface area contributed by atoms with Gasteiger partial charge < -0.3 is 19.0 Å². The Hall–Kier alpha value is -4.11. The molecule has 0 saturated carbocycles. The zero-order valence-corrected chi connectivity index (χ0v) is 20.8. The van der Waals surface area contributed by atoms with Gasteiger partial charge in [0.05, 0.1) is 29.5 Å². The van der Waals surface area contributed by atoms with E-state index in [1.165, 1.54) is 16.2 Å². The summed E-state index contributed by atoms with van der Waals surface area (Å²) in [7, 11) is 1.57. The first kappa shape index (κ1) is 23.6. The third kappa shape index (κ3) is 4.11. The van der Waals surface area contributed by atoms with Gasteiger partial charge in [-0.3, -0.25) is 14.5 Å². The molecule has 5 rings (SSSR count). The minimum absolute atomic E-state index is 0.0705. The number of Topliss-reactive ketones (excluding diaryl/α,β-unsaturated/α-hetero) is 1. The van der Waals surface area contributed by atoms with Crippen LogP contribution in [-0.2, 0) is 9.59 Å². The minimum atomic E-state index is -0.985. The fourth-order valence-corrected chi connectivity index (χ4v) is 5.15. The van der Waals surface area contributed by atoms with Crippen molar-refractivity contribution >= 4 is 44.1 Å². The number of aliphatic hydroxyl groups excluding tert-OH is 1. The summed E-state index contributed by atoms with van der Waals surface area (Å²) >= 11 is 1.25. The molecule has 9 heteroatoms. The molecule has 36 heavy (non-hydrogen) atoms. The number of furan rings is 1. The van der Waals surface area contributed by atoms with Crippen molar-refractivity contribution in [1.82, 2.24) is 4.98 Å². The molecule has 1 N–H and O–H groups in total. The van der Waals surface area contributed by atoms with Crippen LogP contribution in [0.15, 0.2) is 64.6 Å². The van der Waals surface area contributed by atoms with Crippen molar-refractivity contribution in [3.63, 3.8) is 0 Å². The number of fused-ring (bicyclic) bond motifs is 1. The predicted molar refractivity (Wildman–Crippen MR) is 137 cm³/mol. The highest BCUT2D eigenvalue weighted by Gasteiger charge is 2.49. The number of carbonyl (C=O) groups is 2. The van der Waals surface area contributed by atoms with Gasteiger partial charge in [-0.25, -0.2) is 4.98 Å². The average molecular weight is 505 g/mol. The molecule has 1 saturated heterocycles. The number of thiazole rings is 1. The van der Waals surface area contributed by atoms with E-state index < -0.39 is 17.7 Å². The van der Waals surface area contributed by atoms with E-state index >= 15 is 0 Å². The lowest BCUT2D eigenvalue weighted by Crippen LogP contribution is -2.29. The third-order valence-electron chi connectivity index (χ3n) is 5.85. The molecule has 8 nitrogen and oxygen atoms in total. The molecular formula is C27H24N2O6S. The molecular weight excluding hydrogens is 480 g/mol. The molecule has 184 valence electrons. The summed E-state index contributed by atoms with van der Waals surface area (Å²) in [5, 5.41) is 11.6. The molecule has 0 bridgehead atoms. The number of aliphatic hydroxyl groups is 1. The quantitative estimate of drug-likeness (QED) is 0.198. The largest absolute Gasteiger partial charge is 0.507 e. The first-order valence-corrected chi connectivity index (χ1v) is 12.3. The van der Waals surface area contributed by atoms with Crippen LogP contribution in [0.2, 0.25) is 0 Å². The van der Waals surface area contributed by atoms with Gasteiger partial charge in [0.2, 0.25) is 0 Å². The number of aryl methyl sites for hydroxylation is 1. The monoisotopic (exact) mass is 504 g/mol. The molecule has 1 fully saturated rings. The molecule has 3 heterocycles. The Labute approximate surface area is 211 Å². The smallest absolute Gasteiger partial charge is 0.302 e. The Balaban J connectivity index is 1.66. The Morgan fingerprint density at radius 1 is 1.14 bits per heavy atom. The highest BCUT2D eigenvalue weighted by Crippen LogP contribution is 2.45. The van der Waals surface area contributed by atoms with Crippen molar-refractivity contribution < 1.29 is 28.6 Å². The van der Waals surface area contributed by atoms with Gasteiger partial charge >= 0.3 is 5.91 Å². The number of anilines is 1. The molecule has 2 aromatic carbocycles. The van der Waals surface area contributed by atoms with Crippen molar-refractivity contribution in [2.45, 2.75) is 26.3 Å². The van der Waals surface area contributed by atoms with Gasteiger partial charge in [0, 0.05) is 5.56 Å². The summed E-state index contributed by atoms with van der Waals surface area (Å²) in [5.74, 6) is 0.259. The van der Waals surface area contributed by atoms with Crippen molar-refractivity contribution in [2.75, 3.05) is 18.6 Å². The van der Waals surface area contributed by atoms with E-state index in [0.29, 0.717) is 45.8 Å². The lowest BCUT2D eigenvalue weighted by molar-refractivity contribution is -0.132. The lowest BCUT2D eigenvalue weighted by atomic mass is 9.99. The first-order valence-electron chi connectivity index (χ1n) is 11.5. The van der Waals surface area contributed by atoms with Gasteiger partial charge in [-0.1, -0.05) is 30.4 Å². The third-order valence-corrected chi connectivity index (χ3v) is 6.86. The van der Waals surface area contributed by atoms with Crippen molar-refractivity contribution in [3.05, 3.63) is 77.3 Å². The Kier molecular flexibility index (Phi) is 6.24. The van der Waals surface area contributed by atoms with Crippen LogP contribution in [-0.4, -0.2) is 35.5 Å². The van der Waals surface area contributed by atoms with Crippen LogP contribution >= 0.6 is 11.3 Å². The fourth-order valence-electron chi connectivity index (χ4n) is 4.13. The highest BCUT2D eigenvalue weighted by atomic mass is 32.1. The lowest BCUT2D eigenvalue weighted by Gasteiger charge is -2.20. The van der Waals surface area contributed by atoms with Gasteiger partial charge in [0.25, 0.3) is 5.78 Å². The van der Waals surface area contributed by atoms with Crippen LogP contribution in [0.4, 0.5) is 5.13 Å². The topological polar surface area (TPSA) is 102 Å². The number of hydrogen-bond acceptors (Lipinski definition) is 8. The van der Waals surface area contributed by atoms with E-state index in [9.17, 15) is 14.7 Å². The summed E-state index contributed by atoms with van der Waals surface area (Å²) in [5.41, 5.74) is 0.954. The average Bonchev–Trinajstić information content (AvgIpc) is 3.57. The van der Waals surface area contributed by atoms with E-state index in [4.69, 9.17) is 13.9 Å². The van der Waals surface area contributed by atoms with Gasteiger partial charge in [0.1, 0.15) is 34.8 Å². The summed E-state index contributed by atoms with van der Waals surface area (Å²) in [4.78, 5) is 32.6. The molecule has 0 aliphatic carbocycles. The Morgan fingerprint density at radius 2 is 1.97 bits per heavy atom. The van der Waals surface area contributed by atoms with E-state index in [2.05, 4.69) is 4.98 Å². The molecule has 1 unspecified atom stereocenters. The van der Waals surface area contributed by atoms with Crippen molar-refractivity contribution in [3.8, 4) is 11.5 Å². The maximum absolute atomic E-state index is 13.4. The normalized spacial score (nSPS) is 17.2. The van der Waals surface area contributed by atoms with Gasteiger partial charge in [0.15, 0.2) is 5.13 Å². The standard InChI is InChI=1S/C27H24N2O6S/c1-4-12-34-18-7-5-6-16(13-18)24(30)22-23(20-11-8-15(2)35-20)29(26(32)25(22)31)27-28-19-10-9-17(33-3)14-21(19)36-27/h5-11,13-14,23,30H,4,12H2,1-3H3/b24-22+. The Morgan fingerprint density at radius 3 is 2.69 bits per heavy atom. The molecule has 1 atom stereocenters. The number of ketones is 1. The minimum Gasteiger partial charge on any atom is -0.507 e. The number of methoxy groups -OCH3 is 1. The zero-order chi connectivity index (χ0) is 25.4. The van der Waals surface area contributed by atoms with E-state index in [1.807, 2.05) is 13.0 Å².